The van der Waals surface area contributed by atoms with Crippen LogP contribution in [-0.2, 0) is 6.54 Å². The second kappa shape index (κ2) is 6.63. The largest absolute Gasteiger partial charge is 0.446 e. The van der Waals surface area contributed by atoms with Crippen LogP contribution >= 0.6 is 0 Å². The van der Waals surface area contributed by atoms with Crippen molar-refractivity contribution in [3.8, 4) is 0 Å². The second-order valence-electron chi connectivity index (χ2n) is 4.77. The lowest BCUT2D eigenvalue weighted by molar-refractivity contribution is 0.0945. The fraction of sp³-hybridized carbons (Fsp3) is 0.286. The third-order valence-corrected chi connectivity index (χ3v) is 3.00. The zero-order valence-electron chi connectivity index (χ0n) is 11.7. The van der Waals surface area contributed by atoms with Gasteiger partial charge in [0.05, 0.1) is 6.10 Å². The number of halogens is 2. The van der Waals surface area contributed by atoms with Crippen molar-refractivity contribution in [1.29, 1.82) is 0 Å². The number of rotatable bonds is 5. The van der Waals surface area contributed by atoms with E-state index in [2.05, 4.69) is 10.3 Å². The number of nitrogens with two attached hydrogens (primary N) is 1. The van der Waals surface area contributed by atoms with Crippen LogP contribution in [-0.4, -0.2) is 22.1 Å². The number of nitrogens with one attached hydrogen (secondary N) is 1. The molecular weight excluding hydrogens is 296 g/mol. The van der Waals surface area contributed by atoms with Gasteiger partial charge in [0.15, 0.2) is 17.3 Å². The number of amides is 1. The molecular formula is C14H15F2N3O3. The Morgan fingerprint density at radius 3 is 2.82 bits per heavy atom. The quantitative estimate of drug-likeness (QED) is 0.772. The SMILES string of the molecule is CC(O)C(N)c1nc(C(=O)NCc2ccc(F)c(F)c2)co1. The highest BCUT2D eigenvalue weighted by atomic mass is 19.2. The molecule has 1 heterocycles. The molecule has 22 heavy (non-hydrogen) atoms. The minimum absolute atomic E-state index is 0.000678. The van der Waals surface area contributed by atoms with Gasteiger partial charge in [0, 0.05) is 6.54 Å². The number of hydrogen-bond acceptors (Lipinski definition) is 5. The van der Waals surface area contributed by atoms with Crippen molar-refractivity contribution < 1.29 is 23.1 Å². The van der Waals surface area contributed by atoms with Crippen LogP contribution < -0.4 is 11.1 Å². The fourth-order valence-electron chi connectivity index (χ4n) is 1.67. The van der Waals surface area contributed by atoms with Gasteiger partial charge >= 0.3 is 0 Å². The molecule has 0 saturated heterocycles. The van der Waals surface area contributed by atoms with Gasteiger partial charge in [-0.3, -0.25) is 4.79 Å². The van der Waals surface area contributed by atoms with Crippen LogP contribution in [0.5, 0.6) is 0 Å². The van der Waals surface area contributed by atoms with Crippen molar-refractivity contribution in [2.24, 2.45) is 5.73 Å². The van der Waals surface area contributed by atoms with E-state index in [0.29, 0.717) is 5.56 Å². The predicted octanol–water partition coefficient (Wildman–Crippen LogP) is 1.26. The van der Waals surface area contributed by atoms with E-state index in [0.717, 1.165) is 18.4 Å². The molecule has 1 aromatic carbocycles. The summed E-state index contributed by atoms with van der Waals surface area (Å²) in [5.74, 6) is -2.47. The number of benzene rings is 1. The highest BCUT2D eigenvalue weighted by Crippen LogP contribution is 2.14. The van der Waals surface area contributed by atoms with E-state index in [1.807, 2.05) is 0 Å². The number of aromatic nitrogens is 1. The molecule has 8 heteroatoms. The summed E-state index contributed by atoms with van der Waals surface area (Å²) in [5.41, 5.74) is 6.01. The van der Waals surface area contributed by atoms with Crippen molar-refractivity contribution in [2.45, 2.75) is 25.6 Å². The lowest BCUT2D eigenvalue weighted by Crippen LogP contribution is -2.25. The van der Waals surface area contributed by atoms with Crippen LogP contribution in [0.4, 0.5) is 8.78 Å². The monoisotopic (exact) mass is 311 g/mol. The number of nitrogens with zero attached hydrogens (tertiary/aromatic N) is 1. The van der Waals surface area contributed by atoms with E-state index in [4.69, 9.17) is 10.2 Å². The van der Waals surface area contributed by atoms with E-state index < -0.39 is 29.7 Å². The molecule has 0 aliphatic heterocycles. The first-order valence-electron chi connectivity index (χ1n) is 6.49. The first kappa shape index (κ1) is 16.1. The van der Waals surface area contributed by atoms with Gasteiger partial charge in [0.25, 0.3) is 5.91 Å². The molecule has 1 amide bonds. The molecule has 1 aromatic heterocycles. The molecule has 6 nitrogen and oxygen atoms in total. The lowest BCUT2D eigenvalue weighted by atomic mass is 10.2. The number of hydrogen-bond donors (Lipinski definition) is 3. The predicted molar refractivity (Wildman–Crippen MR) is 72.6 cm³/mol. The summed E-state index contributed by atoms with van der Waals surface area (Å²) in [6, 6.07) is 2.49. The number of aliphatic hydroxyl groups excluding tert-OH is 1. The van der Waals surface area contributed by atoms with E-state index >= 15 is 0 Å². The van der Waals surface area contributed by atoms with Crippen molar-refractivity contribution in [2.75, 3.05) is 0 Å². The van der Waals surface area contributed by atoms with Crippen molar-refractivity contribution >= 4 is 5.91 Å². The Morgan fingerprint density at radius 1 is 1.45 bits per heavy atom. The smallest absolute Gasteiger partial charge is 0.273 e. The molecule has 0 radical (unpaired) electrons. The number of oxazole rings is 1. The Labute approximate surface area is 125 Å². The standard InChI is InChI=1S/C14H15F2N3O3/c1-7(20)12(17)14-19-11(6-22-14)13(21)18-5-8-2-3-9(15)10(16)4-8/h2-4,6-7,12,20H,5,17H2,1H3,(H,18,21). The van der Waals surface area contributed by atoms with Crippen LogP contribution in [0, 0.1) is 11.6 Å². The zero-order chi connectivity index (χ0) is 16.3. The number of carbonyl (C=O) groups excluding carboxylic acids is 1. The molecule has 0 aliphatic carbocycles. The van der Waals surface area contributed by atoms with Crippen LogP contribution in [0.25, 0.3) is 0 Å². The molecule has 0 spiro atoms. The third-order valence-electron chi connectivity index (χ3n) is 3.00. The summed E-state index contributed by atoms with van der Waals surface area (Å²) in [4.78, 5) is 15.7. The number of aliphatic hydroxyl groups is 1. The maximum absolute atomic E-state index is 13.0. The van der Waals surface area contributed by atoms with Gasteiger partial charge in [-0.2, -0.15) is 0 Å². The first-order chi connectivity index (χ1) is 10.4. The van der Waals surface area contributed by atoms with Gasteiger partial charge in [-0.1, -0.05) is 6.07 Å². The average molecular weight is 311 g/mol. The summed E-state index contributed by atoms with van der Waals surface area (Å²) in [6.07, 6.45) is 0.231. The molecule has 0 fully saturated rings. The third kappa shape index (κ3) is 3.66. The molecule has 2 aromatic rings. The maximum atomic E-state index is 13.0. The van der Waals surface area contributed by atoms with Crippen molar-refractivity contribution in [3.05, 3.63) is 53.2 Å². The molecule has 118 valence electrons. The first-order valence-corrected chi connectivity index (χ1v) is 6.49. The topological polar surface area (TPSA) is 101 Å². The highest BCUT2D eigenvalue weighted by Gasteiger charge is 2.20. The Bertz CT molecular complexity index is 673. The summed E-state index contributed by atoms with van der Waals surface area (Å²) in [6.45, 7) is 1.47. The van der Waals surface area contributed by atoms with Crippen LogP contribution in [0.1, 0.15) is 34.9 Å². The molecule has 2 atom stereocenters. The van der Waals surface area contributed by atoms with Gasteiger partial charge in [0.1, 0.15) is 12.3 Å². The van der Waals surface area contributed by atoms with Gasteiger partial charge < -0.3 is 20.6 Å². The molecule has 0 aliphatic rings. The Morgan fingerprint density at radius 2 is 2.18 bits per heavy atom. The van der Waals surface area contributed by atoms with E-state index in [-0.39, 0.29) is 18.1 Å². The highest BCUT2D eigenvalue weighted by molar-refractivity contribution is 5.91. The van der Waals surface area contributed by atoms with Crippen LogP contribution in [0.2, 0.25) is 0 Å². The summed E-state index contributed by atoms with van der Waals surface area (Å²) in [5, 5.41) is 11.8. The molecule has 0 saturated carbocycles. The zero-order valence-corrected chi connectivity index (χ0v) is 11.7. The van der Waals surface area contributed by atoms with E-state index in [1.54, 1.807) is 0 Å². The summed E-state index contributed by atoms with van der Waals surface area (Å²) < 4.78 is 30.9. The maximum Gasteiger partial charge on any atom is 0.273 e. The minimum atomic E-state index is -0.988. The summed E-state index contributed by atoms with van der Waals surface area (Å²) >= 11 is 0. The van der Waals surface area contributed by atoms with E-state index in [1.165, 1.54) is 13.0 Å². The summed E-state index contributed by atoms with van der Waals surface area (Å²) in [7, 11) is 0. The lowest BCUT2D eigenvalue weighted by Gasteiger charge is -2.09. The second-order valence-corrected chi connectivity index (χ2v) is 4.77. The fourth-order valence-corrected chi connectivity index (χ4v) is 1.67. The Hall–Kier alpha value is -2.32. The normalized spacial score (nSPS) is 13.7. The molecule has 0 bridgehead atoms. The van der Waals surface area contributed by atoms with Crippen molar-refractivity contribution in [3.63, 3.8) is 0 Å². The van der Waals surface area contributed by atoms with Crippen LogP contribution in [0.3, 0.4) is 0 Å². The molecule has 2 unspecified atom stereocenters. The van der Waals surface area contributed by atoms with Gasteiger partial charge in [-0.05, 0) is 24.6 Å². The van der Waals surface area contributed by atoms with E-state index in [9.17, 15) is 18.7 Å². The Balaban J connectivity index is 1.99. The average Bonchev–Trinajstić information content (AvgIpc) is 2.97. The molecule has 2 rings (SSSR count). The number of carbonyl (C=O) groups is 1. The van der Waals surface area contributed by atoms with Crippen LogP contribution in [0.15, 0.2) is 28.9 Å². The van der Waals surface area contributed by atoms with Crippen molar-refractivity contribution in [1.82, 2.24) is 10.3 Å². The Kier molecular flexibility index (Phi) is 4.84. The van der Waals surface area contributed by atoms with Gasteiger partial charge in [-0.15, -0.1) is 0 Å². The minimum Gasteiger partial charge on any atom is -0.446 e. The van der Waals surface area contributed by atoms with Gasteiger partial charge in [-0.25, -0.2) is 13.8 Å². The molecule has 4 N–H and O–H groups in total. The van der Waals surface area contributed by atoms with Gasteiger partial charge in [0.2, 0.25) is 5.89 Å².